The van der Waals surface area contributed by atoms with Gasteiger partial charge in [-0.25, -0.2) is 0 Å². The molecule has 0 aliphatic rings. The number of hydrogen-bond acceptors (Lipinski definition) is 4. The fourth-order valence-corrected chi connectivity index (χ4v) is 2.61. The third kappa shape index (κ3) is 5.42. The average Bonchev–Trinajstić information content (AvgIpc) is 3.18. The Labute approximate surface area is 161 Å². The van der Waals surface area contributed by atoms with E-state index in [9.17, 15) is 9.59 Å². The quantitative estimate of drug-likeness (QED) is 0.680. The maximum Gasteiger partial charge on any atom is 0.273 e. The summed E-state index contributed by atoms with van der Waals surface area (Å²) in [7, 11) is 0. The highest BCUT2D eigenvalue weighted by molar-refractivity contribution is 9.10. The standard InChI is InChI=1S/C17H25BrN6O2/c1-5-23-10-14(15(22-23)17(26)19-6-11(2)3)21-16(25)12(4)8-24-9-13(18)7-20-24/h7,9-12H,5-6,8H2,1-4H3,(H,19,26)(H,21,25). The molecule has 0 radical (unpaired) electrons. The molecule has 0 spiro atoms. The second kappa shape index (κ2) is 8.98. The summed E-state index contributed by atoms with van der Waals surface area (Å²) in [6.45, 7) is 9.37. The van der Waals surface area contributed by atoms with E-state index >= 15 is 0 Å². The molecule has 2 amide bonds. The van der Waals surface area contributed by atoms with Crippen LogP contribution in [0.25, 0.3) is 0 Å². The van der Waals surface area contributed by atoms with Gasteiger partial charge in [0.1, 0.15) is 0 Å². The van der Waals surface area contributed by atoms with E-state index in [2.05, 4.69) is 36.8 Å². The average molecular weight is 425 g/mol. The van der Waals surface area contributed by atoms with Gasteiger partial charge >= 0.3 is 0 Å². The van der Waals surface area contributed by atoms with E-state index in [0.29, 0.717) is 31.2 Å². The van der Waals surface area contributed by atoms with Gasteiger partial charge in [-0.1, -0.05) is 20.8 Å². The van der Waals surface area contributed by atoms with Crippen LogP contribution in [0.1, 0.15) is 38.2 Å². The van der Waals surface area contributed by atoms with Gasteiger partial charge in [-0.05, 0) is 28.8 Å². The molecule has 0 bridgehead atoms. The van der Waals surface area contributed by atoms with E-state index in [1.807, 2.05) is 33.9 Å². The molecule has 1 atom stereocenters. The van der Waals surface area contributed by atoms with Crippen molar-refractivity contribution in [3.05, 3.63) is 28.8 Å². The molecule has 0 aliphatic heterocycles. The van der Waals surface area contributed by atoms with Gasteiger partial charge in [-0.3, -0.25) is 19.0 Å². The van der Waals surface area contributed by atoms with E-state index in [1.165, 1.54) is 0 Å². The van der Waals surface area contributed by atoms with Crippen LogP contribution in [0.2, 0.25) is 0 Å². The minimum Gasteiger partial charge on any atom is -0.350 e. The molecule has 2 rings (SSSR count). The van der Waals surface area contributed by atoms with Crippen molar-refractivity contribution in [2.24, 2.45) is 11.8 Å². The van der Waals surface area contributed by atoms with Gasteiger partial charge in [0.2, 0.25) is 5.91 Å². The minimum absolute atomic E-state index is 0.190. The monoisotopic (exact) mass is 424 g/mol. The molecule has 9 heteroatoms. The van der Waals surface area contributed by atoms with Crippen LogP contribution < -0.4 is 10.6 Å². The molecule has 2 heterocycles. The number of aryl methyl sites for hydroxylation is 1. The number of anilines is 1. The van der Waals surface area contributed by atoms with E-state index in [4.69, 9.17) is 0 Å². The second-order valence-corrected chi connectivity index (χ2v) is 7.54. The van der Waals surface area contributed by atoms with Crippen molar-refractivity contribution in [1.29, 1.82) is 0 Å². The lowest BCUT2D eigenvalue weighted by Gasteiger charge is -2.12. The Hall–Kier alpha value is -2.16. The number of aromatic nitrogens is 4. The molecule has 2 aromatic rings. The summed E-state index contributed by atoms with van der Waals surface area (Å²) in [5.41, 5.74) is 0.654. The molecule has 26 heavy (non-hydrogen) atoms. The largest absolute Gasteiger partial charge is 0.350 e. The second-order valence-electron chi connectivity index (χ2n) is 6.62. The fourth-order valence-electron chi connectivity index (χ4n) is 2.28. The minimum atomic E-state index is -0.321. The molecule has 0 saturated carbocycles. The smallest absolute Gasteiger partial charge is 0.273 e. The molecule has 142 valence electrons. The first-order chi connectivity index (χ1) is 12.3. The third-order valence-corrected chi connectivity index (χ3v) is 4.15. The molecule has 0 aliphatic carbocycles. The van der Waals surface area contributed by atoms with Crippen LogP contribution in [0.15, 0.2) is 23.1 Å². The van der Waals surface area contributed by atoms with E-state index in [-0.39, 0.29) is 23.4 Å². The molecule has 2 aromatic heterocycles. The Balaban J connectivity index is 2.08. The summed E-state index contributed by atoms with van der Waals surface area (Å²) < 4.78 is 4.19. The first-order valence-corrected chi connectivity index (χ1v) is 9.43. The van der Waals surface area contributed by atoms with Crippen molar-refractivity contribution in [2.75, 3.05) is 11.9 Å². The zero-order valence-electron chi connectivity index (χ0n) is 15.5. The number of hydrogen-bond donors (Lipinski definition) is 2. The lowest BCUT2D eigenvalue weighted by atomic mass is 10.1. The van der Waals surface area contributed by atoms with Crippen molar-refractivity contribution in [3.63, 3.8) is 0 Å². The normalized spacial score (nSPS) is 12.2. The number of carbonyl (C=O) groups excluding carboxylic acids is 2. The van der Waals surface area contributed by atoms with Crippen LogP contribution in [0.4, 0.5) is 5.69 Å². The molecule has 2 N–H and O–H groups in total. The van der Waals surface area contributed by atoms with Crippen molar-refractivity contribution in [2.45, 2.75) is 40.8 Å². The van der Waals surface area contributed by atoms with Gasteiger partial charge < -0.3 is 10.6 Å². The lowest BCUT2D eigenvalue weighted by molar-refractivity contribution is -0.119. The predicted octanol–water partition coefficient (Wildman–Crippen LogP) is 2.52. The number of rotatable bonds is 8. The first kappa shape index (κ1) is 20.2. The summed E-state index contributed by atoms with van der Waals surface area (Å²) in [6, 6.07) is 0. The maximum atomic E-state index is 12.5. The fraction of sp³-hybridized carbons (Fsp3) is 0.529. The number of nitrogens with one attached hydrogen (secondary N) is 2. The van der Waals surface area contributed by atoms with Gasteiger partial charge in [-0.15, -0.1) is 0 Å². The molecule has 0 saturated heterocycles. The number of halogens is 1. The number of amides is 2. The van der Waals surface area contributed by atoms with Crippen molar-refractivity contribution in [1.82, 2.24) is 24.9 Å². The Morgan fingerprint density at radius 3 is 2.54 bits per heavy atom. The number of carbonyl (C=O) groups is 2. The van der Waals surface area contributed by atoms with Gasteiger partial charge in [0.15, 0.2) is 5.69 Å². The van der Waals surface area contributed by atoms with Gasteiger partial charge in [0.05, 0.1) is 28.8 Å². The Bertz CT molecular complexity index is 767. The summed E-state index contributed by atoms with van der Waals surface area (Å²) in [5.74, 6) is -0.466. The van der Waals surface area contributed by atoms with Crippen molar-refractivity contribution in [3.8, 4) is 0 Å². The summed E-state index contributed by atoms with van der Waals surface area (Å²) in [5, 5.41) is 14.1. The van der Waals surface area contributed by atoms with Crippen LogP contribution in [0.3, 0.4) is 0 Å². The Morgan fingerprint density at radius 2 is 1.96 bits per heavy atom. The van der Waals surface area contributed by atoms with E-state index in [0.717, 1.165) is 4.47 Å². The van der Waals surface area contributed by atoms with Crippen LogP contribution in [-0.2, 0) is 17.9 Å². The molecule has 0 aromatic carbocycles. The number of nitrogens with zero attached hydrogens (tertiary/aromatic N) is 4. The van der Waals surface area contributed by atoms with Gasteiger partial charge in [0.25, 0.3) is 5.91 Å². The van der Waals surface area contributed by atoms with E-state index in [1.54, 1.807) is 21.8 Å². The van der Waals surface area contributed by atoms with Crippen LogP contribution in [-0.4, -0.2) is 37.9 Å². The molecule has 0 fully saturated rings. The SMILES string of the molecule is CCn1cc(NC(=O)C(C)Cn2cc(Br)cn2)c(C(=O)NCC(C)C)n1. The summed E-state index contributed by atoms with van der Waals surface area (Å²) in [6.07, 6.45) is 5.16. The molecule has 8 nitrogen and oxygen atoms in total. The van der Waals surface area contributed by atoms with Crippen LogP contribution in [0.5, 0.6) is 0 Å². The zero-order chi connectivity index (χ0) is 19.3. The molecule has 1 unspecified atom stereocenters. The molecular weight excluding hydrogens is 400 g/mol. The summed E-state index contributed by atoms with van der Waals surface area (Å²) in [4.78, 5) is 24.9. The van der Waals surface area contributed by atoms with Gasteiger partial charge in [0, 0.05) is 25.5 Å². The highest BCUT2D eigenvalue weighted by Gasteiger charge is 2.21. The first-order valence-electron chi connectivity index (χ1n) is 8.64. The van der Waals surface area contributed by atoms with E-state index < -0.39 is 0 Å². The highest BCUT2D eigenvalue weighted by Crippen LogP contribution is 2.16. The van der Waals surface area contributed by atoms with Crippen molar-refractivity contribution < 1.29 is 9.59 Å². The summed E-state index contributed by atoms with van der Waals surface area (Å²) >= 11 is 3.33. The van der Waals surface area contributed by atoms with Crippen LogP contribution >= 0.6 is 15.9 Å². The van der Waals surface area contributed by atoms with Gasteiger partial charge in [-0.2, -0.15) is 10.2 Å². The zero-order valence-corrected chi connectivity index (χ0v) is 17.1. The molecular formula is C17H25BrN6O2. The Kier molecular flexibility index (Phi) is 6.96. The topological polar surface area (TPSA) is 93.8 Å². The predicted molar refractivity (Wildman–Crippen MR) is 103 cm³/mol. The van der Waals surface area contributed by atoms with Crippen molar-refractivity contribution >= 4 is 33.4 Å². The lowest BCUT2D eigenvalue weighted by Crippen LogP contribution is -2.30. The Morgan fingerprint density at radius 1 is 1.23 bits per heavy atom. The maximum absolute atomic E-state index is 12.5. The third-order valence-electron chi connectivity index (χ3n) is 3.74. The highest BCUT2D eigenvalue weighted by atomic mass is 79.9. The van der Waals surface area contributed by atoms with Crippen LogP contribution in [0, 0.1) is 11.8 Å².